The van der Waals surface area contributed by atoms with Crippen molar-refractivity contribution in [3.63, 3.8) is 0 Å². The highest BCUT2D eigenvalue weighted by molar-refractivity contribution is 4.95. The van der Waals surface area contributed by atoms with E-state index in [9.17, 15) is 25.5 Å². The van der Waals surface area contributed by atoms with Crippen LogP contribution < -0.4 is 5.32 Å². The van der Waals surface area contributed by atoms with Gasteiger partial charge in [0.15, 0.2) is 0 Å². The van der Waals surface area contributed by atoms with E-state index in [0.29, 0.717) is 12.5 Å². The van der Waals surface area contributed by atoms with Crippen molar-refractivity contribution in [1.29, 1.82) is 0 Å². The molecule has 3 fully saturated rings. The average molecular weight is 425 g/mol. The summed E-state index contributed by atoms with van der Waals surface area (Å²) < 4.78 is 0. The predicted molar refractivity (Wildman–Crippen MR) is 106 cm³/mol. The number of nitrogens with zero attached hydrogens (tertiary/aromatic N) is 1. The minimum Gasteiger partial charge on any atom is -0.395 e. The fourth-order valence-corrected chi connectivity index (χ4v) is 4.26. The van der Waals surface area contributed by atoms with Crippen LogP contribution >= 0.6 is 0 Å². The van der Waals surface area contributed by atoms with Gasteiger partial charge in [-0.25, -0.2) is 0 Å². The lowest BCUT2D eigenvalue weighted by Gasteiger charge is -2.44. The summed E-state index contributed by atoms with van der Waals surface area (Å²) in [6.45, 7) is 0.901. The van der Waals surface area contributed by atoms with E-state index in [1.165, 1.54) is 25.7 Å². The molecule has 0 unspecified atom stereocenters. The zero-order valence-electron chi connectivity index (χ0n) is 16.1. The molecule has 10 heteroatoms. The maximum atomic E-state index is 9.84. The van der Waals surface area contributed by atoms with E-state index < -0.39 is 48.7 Å². The Morgan fingerprint density at radius 2 is 1.34 bits per heavy atom. The first kappa shape index (κ1) is 26.6. The first-order valence-corrected chi connectivity index (χ1v) is 10.1. The number of rotatable bonds is 4. The van der Waals surface area contributed by atoms with Crippen LogP contribution in [-0.2, 0) is 0 Å². The van der Waals surface area contributed by atoms with E-state index in [1.807, 2.05) is 4.90 Å². The highest BCUT2D eigenvalue weighted by Gasteiger charge is 2.41. The monoisotopic (exact) mass is 424 g/mol. The van der Waals surface area contributed by atoms with E-state index in [-0.39, 0.29) is 27.2 Å². The van der Waals surface area contributed by atoms with Crippen LogP contribution in [0.2, 0.25) is 0 Å². The van der Waals surface area contributed by atoms with E-state index in [1.54, 1.807) is 0 Å². The molecule has 9 N–H and O–H groups in total. The van der Waals surface area contributed by atoms with Crippen molar-refractivity contribution in [3.8, 4) is 0 Å². The van der Waals surface area contributed by atoms with Crippen LogP contribution in [0, 0.1) is 5.92 Å². The van der Waals surface area contributed by atoms with Crippen LogP contribution in [0.3, 0.4) is 0 Å². The molecular weight excluding hydrogens is 384 g/mol. The smallest absolute Gasteiger partial charge is 0.109 e. The lowest BCUT2D eigenvalue weighted by Crippen LogP contribution is -2.63. The van der Waals surface area contributed by atoms with Crippen LogP contribution in [0.4, 0.5) is 0 Å². The van der Waals surface area contributed by atoms with Gasteiger partial charge < -0.3 is 46.2 Å². The molecule has 0 amide bonds. The summed E-state index contributed by atoms with van der Waals surface area (Å²) in [6.07, 6.45) is -1.48. The highest BCUT2D eigenvalue weighted by atomic mass is 16.4. The third-order valence-electron chi connectivity index (χ3n) is 6.13. The second-order valence-corrected chi connectivity index (χ2v) is 8.15. The fraction of sp³-hybridized carbons (Fsp3) is 1.00. The molecule has 3 rings (SSSR count). The van der Waals surface area contributed by atoms with Gasteiger partial charge in [-0.3, -0.25) is 4.90 Å². The lowest BCUT2D eigenvalue weighted by atomic mass is 9.93. The number of aliphatic hydroxyl groups excluding tert-OH is 8. The van der Waals surface area contributed by atoms with Crippen LogP contribution in [-0.4, -0.2) is 127 Å². The van der Waals surface area contributed by atoms with Gasteiger partial charge in [0.2, 0.25) is 0 Å². The van der Waals surface area contributed by atoms with Gasteiger partial charge in [0.25, 0.3) is 0 Å². The molecule has 0 aromatic carbocycles. The molecule has 2 heterocycles. The molecular formula is C19H40N2O8. The number of likely N-dealkylation sites (tertiary alicyclic amines) is 1. The fourth-order valence-electron chi connectivity index (χ4n) is 4.26. The molecule has 29 heavy (non-hydrogen) atoms. The molecule has 0 radical (unpaired) electrons. The number of hydrogen-bond acceptors (Lipinski definition) is 10. The number of β-amino-alcohol motifs (C(OH)–C–C–N with tert-alkyl or cyclic N) is 2. The van der Waals surface area contributed by atoms with Crippen molar-refractivity contribution in [3.05, 3.63) is 0 Å². The minimum atomic E-state index is -1.16. The average Bonchev–Trinajstić information content (AvgIpc) is 3.18. The Morgan fingerprint density at radius 3 is 1.90 bits per heavy atom. The normalized spacial score (nSPS) is 41.4. The molecule has 1 aliphatic carbocycles. The van der Waals surface area contributed by atoms with Crippen LogP contribution in [0.25, 0.3) is 0 Å². The maximum Gasteiger partial charge on any atom is 0.109 e. The maximum absolute atomic E-state index is 9.84. The predicted octanol–water partition coefficient (Wildman–Crippen LogP) is -3.39. The van der Waals surface area contributed by atoms with Crippen molar-refractivity contribution in [2.45, 2.75) is 81.8 Å². The Balaban J connectivity index is 0.000000306. The first-order valence-electron chi connectivity index (χ1n) is 10.1. The van der Waals surface area contributed by atoms with E-state index in [2.05, 4.69) is 5.32 Å². The van der Waals surface area contributed by atoms with Crippen molar-refractivity contribution in [1.82, 2.24) is 10.2 Å². The summed E-state index contributed by atoms with van der Waals surface area (Å²) in [5.74, 6) is 0.596. The molecule has 0 aromatic heterocycles. The van der Waals surface area contributed by atoms with Gasteiger partial charge >= 0.3 is 0 Å². The quantitative estimate of drug-likeness (QED) is 0.221. The van der Waals surface area contributed by atoms with Gasteiger partial charge in [-0.1, -0.05) is 20.3 Å². The summed E-state index contributed by atoms with van der Waals surface area (Å²) in [6, 6.07) is -0.984. The van der Waals surface area contributed by atoms with Gasteiger partial charge in [0.1, 0.15) is 18.3 Å². The first-order chi connectivity index (χ1) is 13.3. The molecule has 0 bridgehead atoms. The van der Waals surface area contributed by atoms with Gasteiger partial charge in [-0.2, -0.15) is 0 Å². The van der Waals surface area contributed by atoms with E-state index in [4.69, 9.17) is 15.3 Å². The van der Waals surface area contributed by atoms with E-state index >= 15 is 0 Å². The highest BCUT2D eigenvalue weighted by Crippen LogP contribution is 2.28. The number of piperidine rings is 2. The van der Waals surface area contributed by atoms with Crippen LogP contribution in [0.5, 0.6) is 0 Å². The third kappa shape index (κ3) is 6.79. The standard InChI is InChI=1S/C12H23NO4.C6H13NO4.CH4/c14-7-9-11(16)12(17)10(15)6-13(9)5-8-3-1-2-4-8;8-2-3-5(10)6(11)4(9)1-7-3;/h8-12,14-17H,1-7H2;3-11H,1-2H2;1H4/t9-,10+,11-,12-;3-,4+,5-,6-;/m11./s1. The number of aliphatic hydroxyl groups is 8. The zero-order chi connectivity index (χ0) is 20.8. The van der Waals surface area contributed by atoms with Crippen molar-refractivity contribution < 1.29 is 40.9 Å². The Morgan fingerprint density at radius 1 is 0.759 bits per heavy atom. The van der Waals surface area contributed by atoms with Gasteiger partial charge in [-0.15, -0.1) is 0 Å². The molecule has 0 aromatic rings. The largest absolute Gasteiger partial charge is 0.395 e. The third-order valence-corrected chi connectivity index (χ3v) is 6.13. The number of hydrogen-bond donors (Lipinski definition) is 9. The summed E-state index contributed by atoms with van der Waals surface area (Å²) in [5, 5.41) is 77.0. The molecule has 0 spiro atoms. The lowest BCUT2D eigenvalue weighted by molar-refractivity contribution is -0.147. The Bertz CT molecular complexity index is 452. The van der Waals surface area contributed by atoms with Crippen LogP contribution in [0.1, 0.15) is 33.1 Å². The molecule has 3 aliphatic rings. The van der Waals surface area contributed by atoms with Gasteiger partial charge in [0.05, 0.1) is 43.6 Å². The second-order valence-electron chi connectivity index (χ2n) is 8.15. The van der Waals surface area contributed by atoms with Crippen LogP contribution in [0.15, 0.2) is 0 Å². The Labute approximate surface area is 172 Å². The topological polar surface area (TPSA) is 177 Å². The summed E-state index contributed by atoms with van der Waals surface area (Å²) in [4.78, 5) is 1.93. The summed E-state index contributed by atoms with van der Waals surface area (Å²) in [5.41, 5.74) is 0. The minimum absolute atomic E-state index is 0. The summed E-state index contributed by atoms with van der Waals surface area (Å²) >= 11 is 0. The molecule has 1 saturated carbocycles. The van der Waals surface area contributed by atoms with Gasteiger partial charge in [-0.05, 0) is 18.8 Å². The van der Waals surface area contributed by atoms with Crippen molar-refractivity contribution >= 4 is 0 Å². The second kappa shape index (κ2) is 12.5. The number of nitrogens with one attached hydrogen (secondary N) is 1. The van der Waals surface area contributed by atoms with Gasteiger partial charge in [0, 0.05) is 19.6 Å². The molecule has 2 aliphatic heterocycles. The van der Waals surface area contributed by atoms with Crippen molar-refractivity contribution in [2.75, 3.05) is 32.8 Å². The molecule has 2 saturated heterocycles. The molecule has 10 nitrogen and oxygen atoms in total. The molecule has 174 valence electrons. The van der Waals surface area contributed by atoms with Crippen molar-refractivity contribution in [2.24, 2.45) is 5.92 Å². The summed E-state index contributed by atoms with van der Waals surface area (Å²) in [7, 11) is 0. The SMILES string of the molecule is C.OC[C@@H]1[C@@H](O)[C@H](O)[C@@H](O)CN1CC1CCCC1.OC[C@H]1NC[C@H](O)[C@@H](O)[C@@H]1O. The Hall–Kier alpha value is -0.400. The zero-order valence-corrected chi connectivity index (χ0v) is 16.1. The molecule has 8 atom stereocenters. The Kier molecular flexibility index (Phi) is 11.4. The van der Waals surface area contributed by atoms with E-state index in [0.717, 1.165) is 6.54 Å².